The van der Waals surface area contributed by atoms with Crippen LogP contribution in [0.25, 0.3) is 10.2 Å². The van der Waals surface area contributed by atoms with Gasteiger partial charge in [-0.05, 0) is 42.1 Å². The standard InChI is InChI=1S/C32H37N3OS/c1-32(2,3)31-34-25-17-24(26(36-4)18-27(25)37-31)19-33-29-23-15-16-35(20-23)30(29)28(21-11-7-5-8-12-21)22-13-9-6-10-14-22/h5-14,17-18,23,28-30,33H,15-16,19-20H2,1-4H3/t23-,29-,30+/m0/s1. The van der Waals surface area contributed by atoms with Crippen LogP contribution in [0.15, 0.2) is 72.8 Å². The molecular weight excluding hydrogens is 474 g/mol. The highest BCUT2D eigenvalue weighted by atomic mass is 32.1. The van der Waals surface area contributed by atoms with Crippen LogP contribution in [0.3, 0.4) is 0 Å². The zero-order valence-electron chi connectivity index (χ0n) is 22.3. The number of rotatable bonds is 7. The lowest BCUT2D eigenvalue weighted by molar-refractivity contribution is 0.197. The van der Waals surface area contributed by atoms with Gasteiger partial charge >= 0.3 is 0 Å². The molecule has 4 atom stereocenters. The molecule has 0 spiro atoms. The van der Waals surface area contributed by atoms with Gasteiger partial charge in [-0.2, -0.15) is 0 Å². The molecule has 2 saturated heterocycles. The summed E-state index contributed by atoms with van der Waals surface area (Å²) in [5.74, 6) is 1.95. The first-order chi connectivity index (χ1) is 17.9. The SMILES string of the molecule is COc1cc2sc(C(C)(C)C)nc2cc1CN[C@H]1[C@H]2CC[N@@](C2)[C@@H]1C(c1ccccc1)c1ccccc1. The average molecular weight is 512 g/mol. The smallest absolute Gasteiger partial charge is 0.124 e. The quantitative estimate of drug-likeness (QED) is 0.303. The van der Waals surface area contributed by atoms with Gasteiger partial charge in [0.15, 0.2) is 0 Å². The minimum atomic E-state index is 0.0456. The van der Waals surface area contributed by atoms with Gasteiger partial charge in [0.05, 0.1) is 22.3 Å². The average Bonchev–Trinajstić information content (AvgIpc) is 3.63. The Balaban J connectivity index is 1.32. The topological polar surface area (TPSA) is 37.4 Å². The third-order valence-corrected chi connectivity index (χ3v) is 9.62. The summed E-state index contributed by atoms with van der Waals surface area (Å²) in [4.78, 5) is 7.71. The van der Waals surface area contributed by atoms with Crippen molar-refractivity contribution < 1.29 is 4.74 Å². The highest BCUT2D eigenvalue weighted by Crippen LogP contribution is 2.43. The molecule has 0 aliphatic carbocycles. The van der Waals surface area contributed by atoms with Crippen molar-refractivity contribution in [1.82, 2.24) is 15.2 Å². The number of methoxy groups -OCH3 is 1. The highest BCUT2D eigenvalue weighted by Gasteiger charge is 2.49. The molecule has 2 bridgehead atoms. The lowest BCUT2D eigenvalue weighted by Gasteiger charge is -2.39. The van der Waals surface area contributed by atoms with Gasteiger partial charge in [-0.3, -0.25) is 4.90 Å². The van der Waals surface area contributed by atoms with Crippen LogP contribution in [0.4, 0.5) is 0 Å². The first-order valence-electron chi connectivity index (χ1n) is 13.5. The number of thiazole rings is 1. The fourth-order valence-electron chi connectivity index (χ4n) is 6.37. The minimum absolute atomic E-state index is 0.0456. The summed E-state index contributed by atoms with van der Waals surface area (Å²) in [7, 11) is 1.78. The molecule has 0 unspecified atom stereocenters. The van der Waals surface area contributed by atoms with E-state index >= 15 is 0 Å². The van der Waals surface area contributed by atoms with E-state index in [1.165, 1.54) is 45.9 Å². The Morgan fingerprint density at radius 1 is 1.03 bits per heavy atom. The van der Waals surface area contributed by atoms with Crippen molar-refractivity contribution >= 4 is 21.6 Å². The predicted octanol–water partition coefficient (Wildman–Crippen LogP) is 6.60. The largest absolute Gasteiger partial charge is 0.496 e. The molecule has 3 aromatic carbocycles. The second kappa shape index (κ2) is 9.86. The number of piperidine rings is 1. The van der Waals surface area contributed by atoms with Crippen LogP contribution in [0.1, 0.15) is 54.8 Å². The van der Waals surface area contributed by atoms with E-state index in [4.69, 9.17) is 9.72 Å². The Kier molecular flexibility index (Phi) is 6.56. The molecule has 192 valence electrons. The van der Waals surface area contributed by atoms with E-state index in [1.54, 1.807) is 18.4 Å². The van der Waals surface area contributed by atoms with Crippen molar-refractivity contribution in [2.24, 2.45) is 5.92 Å². The monoisotopic (exact) mass is 511 g/mol. The van der Waals surface area contributed by atoms with E-state index in [0.717, 1.165) is 17.8 Å². The summed E-state index contributed by atoms with van der Waals surface area (Å²) in [5.41, 5.74) is 5.10. The van der Waals surface area contributed by atoms with Crippen LogP contribution >= 0.6 is 11.3 Å². The lowest BCUT2D eigenvalue weighted by atomic mass is 9.78. The van der Waals surface area contributed by atoms with Crippen LogP contribution in [0.2, 0.25) is 0 Å². The van der Waals surface area contributed by atoms with E-state index in [1.807, 2.05) is 0 Å². The molecule has 3 heterocycles. The fourth-order valence-corrected chi connectivity index (χ4v) is 7.41. The summed E-state index contributed by atoms with van der Waals surface area (Å²) >= 11 is 1.78. The first-order valence-corrected chi connectivity index (χ1v) is 14.3. The summed E-state index contributed by atoms with van der Waals surface area (Å²) in [6.07, 6.45) is 1.27. The summed E-state index contributed by atoms with van der Waals surface area (Å²) in [6, 6.07) is 27.4. The molecular formula is C32H37N3OS. The summed E-state index contributed by atoms with van der Waals surface area (Å²) in [6.45, 7) is 9.83. The number of fused-ring (bicyclic) bond motifs is 3. The van der Waals surface area contributed by atoms with E-state index in [0.29, 0.717) is 23.9 Å². The zero-order valence-corrected chi connectivity index (χ0v) is 23.1. The second-order valence-corrected chi connectivity index (χ2v) is 12.7. The molecule has 2 aliphatic heterocycles. The van der Waals surface area contributed by atoms with Gasteiger partial charge < -0.3 is 10.1 Å². The van der Waals surface area contributed by atoms with Crippen molar-refractivity contribution in [2.45, 2.75) is 57.2 Å². The van der Waals surface area contributed by atoms with Crippen LogP contribution in [0.5, 0.6) is 5.75 Å². The molecule has 4 nitrogen and oxygen atoms in total. The third-order valence-electron chi connectivity index (χ3n) is 8.17. The van der Waals surface area contributed by atoms with Gasteiger partial charge in [-0.25, -0.2) is 4.98 Å². The molecule has 5 heteroatoms. The fraction of sp³-hybridized carbons (Fsp3) is 0.406. The number of aromatic nitrogens is 1. The maximum atomic E-state index is 5.87. The van der Waals surface area contributed by atoms with Crippen molar-refractivity contribution in [3.05, 3.63) is 94.5 Å². The number of nitrogens with zero attached hydrogens (tertiary/aromatic N) is 2. The predicted molar refractivity (Wildman–Crippen MR) is 154 cm³/mol. The van der Waals surface area contributed by atoms with Crippen LogP contribution in [-0.4, -0.2) is 42.2 Å². The Hall–Kier alpha value is -2.73. The Labute approximate surface area is 224 Å². The van der Waals surface area contributed by atoms with Gasteiger partial charge in [0.25, 0.3) is 0 Å². The first kappa shape index (κ1) is 24.6. The zero-order chi connectivity index (χ0) is 25.6. The van der Waals surface area contributed by atoms with Gasteiger partial charge in [0.1, 0.15) is 5.75 Å². The molecule has 6 rings (SSSR count). The molecule has 0 radical (unpaired) electrons. The normalized spacial score (nSPS) is 23.3. The van der Waals surface area contributed by atoms with Gasteiger partial charge in [0, 0.05) is 42.1 Å². The van der Waals surface area contributed by atoms with Crippen molar-refractivity contribution in [3.63, 3.8) is 0 Å². The van der Waals surface area contributed by atoms with Gasteiger partial charge in [-0.1, -0.05) is 81.4 Å². The Morgan fingerprint density at radius 3 is 2.32 bits per heavy atom. The maximum Gasteiger partial charge on any atom is 0.124 e. The molecule has 2 fully saturated rings. The van der Waals surface area contributed by atoms with Crippen molar-refractivity contribution in [3.8, 4) is 5.75 Å². The second-order valence-electron chi connectivity index (χ2n) is 11.6. The highest BCUT2D eigenvalue weighted by molar-refractivity contribution is 7.18. The van der Waals surface area contributed by atoms with E-state index < -0.39 is 0 Å². The van der Waals surface area contributed by atoms with E-state index in [-0.39, 0.29) is 5.41 Å². The van der Waals surface area contributed by atoms with Gasteiger partial charge in [-0.15, -0.1) is 11.3 Å². The molecule has 37 heavy (non-hydrogen) atoms. The summed E-state index contributed by atoms with van der Waals surface area (Å²) < 4.78 is 7.06. The Bertz CT molecular complexity index is 1320. The summed E-state index contributed by atoms with van der Waals surface area (Å²) in [5, 5.41) is 5.20. The minimum Gasteiger partial charge on any atom is -0.496 e. The Morgan fingerprint density at radius 2 is 1.70 bits per heavy atom. The van der Waals surface area contributed by atoms with Gasteiger partial charge in [0.2, 0.25) is 0 Å². The third kappa shape index (κ3) is 4.69. The number of ether oxygens (including phenoxy) is 1. The lowest BCUT2D eigenvalue weighted by Crippen LogP contribution is -2.50. The van der Waals surface area contributed by atoms with Crippen LogP contribution in [-0.2, 0) is 12.0 Å². The van der Waals surface area contributed by atoms with Crippen molar-refractivity contribution in [2.75, 3.05) is 20.2 Å². The number of hydrogen-bond acceptors (Lipinski definition) is 5. The molecule has 0 amide bonds. The van der Waals surface area contributed by atoms with Crippen LogP contribution in [0, 0.1) is 5.92 Å². The molecule has 2 aliphatic rings. The number of benzene rings is 3. The van der Waals surface area contributed by atoms with E-state index in [2.05, 4.69) is 104 Å². The maximum absolute atomic E-state index is 5.87. The van der Waals surface area contributed by atoms with Crippen molar-refractivity contribution in [1.29, 1.82) is 0 Å². The number of hydrogen-bond donors (Lipinski definition) is 1. The van der Waals surface area contributed by atoms with E-state index in [9.17, 15) is 0 Å². The molecule has 1 aromatic heterocycles. The molecule has 4 aromatic rings. The molecule has 0 saturated carbocycles. The number of nitrogens with one attached hydrogen (secondary N) is 1. The van der Waals surface area contributed by atoms with Crippen LogP contribution < -0.4 is 10.1 Å². The molecule has 1 N–H and O–H groups in total.